The van der Waals surface area contributed by atoms with Crippen molar-refractivity contribution in [2.75, 3.05) is 13.1 Å². The van der Waals surface area contributed by atoms with Crippen LogP contribution in [-0.4, -0.2) is 32.2 Å². The third kappa shape index (κ3) is 4.13. The minimum atomic E-state index is -4.79. The fourth-order valence-corrected chi connectivity index (χ4v) is 4.44. The van der Waals surface area contributed by atoms with Crippen LogP contribution < -0.4 is 4.74 Å². The van der Waals surface area contributed by atoms with Crippen molar-refractivity contribution >= 4 is 10.0 Å². The Bertz CT molecular complexity index is 603. The molecule has 2 rings (SSSR count). The zero-order valence-corrected chi connectivity index (χ0v) is 13.1. The molecular weight excluding hydrogens is 319 g/mol. The van der Waals surface area contributed by atoms with Crippen molar-refractivity contribution in [2.24, 2.45) is 11.8 Å². The molecule has 1 heterocycles. The highest BCUT2D eigenvalue weighted by atomic mass is 32.2. The molecule has 0 aliphatic carbocycles. The number of ether oxygens (including phenoxy) is 1. The first-order valence-corrected chi connectivity index (χ1v) is 8.38. The number of halogens is 3. The van der Waals surface area contributed by atoms with Gasteiger partial charge in [-0.3, -0.25) is 0 Å². The lowest BCUT2D eigenvalue weighted by Gasteiger charge is -2.34. The Kier molecular flexibility index (Phi) is 4.72. The Balaban J connectivity index is 2.19. The molecule has 1 aromatic carbocycles. The van der Waals surface area contributed by atoms with Gasteiger partial charge in [-0.15, -0.1) is 13.2 Å². The fraction of sp³-hybridized carbons (Fsp3) is 0.571. The number of nitrogens with zero attached hydrogens (tertiary/aromatic N) is 1. The molecule has 1 saturated heterocycles. The molecule has 8 heteroatoms. The zero-order valence-electron chi connectivity index (χ0n) is 12.3. The Morgan fingerprint density at radius 3 is 2.05 bits per heavy atom. The van der Waals surface area contributed by atoms with E-state index in [1.165, 1.54) is 4.31 Å². The number of benzene rings is 1. The van der Waals surface area contributed by atoms with Crippen LogP contribution in [0.5, 0.6) is 5.75 Å². The van der Waals surface area contributed by atoms with Crippen molar-refractivity contribution in [1.82, 2.24) is 4.31 Å². The highest BCUT2D eigenvalue weighted by Crippen LogP contribution is 2.28. The molecule has 124 valence electrons. The molecule has 0 N–H and O–H groups in total. The predicted octanol–water partition coefficient (Wildman–Crippen LogP) is 3.25. The summed E-state index contributed by atoms with van der Waals surface area (Å²) >= 11 is 0. The van der Waals surface area contributed by atoms with Crippen molar-refractivity contribution in [1.29, 1.82) is 0 Å². The lowest BCUT2D eigenvalue weighted by atomic mass is 9.94. The van der Waals surface area contributed by atoms with E-state index in [0.717, 1.165) is 30.7 Å². The summed E-state index contributed by atoms with van der Waals surface area (Å²) < 4.78 is 66.5. The maximum atomic E-state index is 12.5. The second kappa shape index (κ2) is 6.08. The van der Waals surface area contributed by atoms with Crippen molar-refractivity contribution in [3.63, 3.8) is 0 Å². The van der Waals surface area contributed by atoms with Gasteiger partial charge in [0.15, 0.2) is 0 Å². The van der Waals surface area contributed by atoms with Crippen LogP contribution in [0.15, 0.2) is 29.2 Å². The van der Waals surface area contributed by atoms with Crippen LogP contribution in [-0.2, 0) is 10.0 Å². The van der Waals surface area contributed by atoms with E-state index in [2.05, 4.69) is 4.74 Å². The smallest absolute Gasteiger partial charge is 0.406 e. The van der Waals surface area contributed by atoms with Crippen LogP contribution >= 0.6 is 0 Å². The Labute approximate surface area is 127 Å². The van der Waals surface area contributed by atoms with Gasteiger partial charge in [-0.2, -0.15) is 4.31 Å². The molecule has 0 amide bonds. The zero-order chi connectivity index (χ0) is 16.5. The molecule has 1 fully saturated rings. The molecule has 0 aromatic heterocycles. The molecular formula is C14H18F3NO3S. The molecule has 1 aromatic rings. The first kappa shape index (κ1) is 17.1. The van der Waals surface area contributed by atoms with Gasteiger partial charge in [0, 0.05) is 13.1 Å². The van der Waals surface area contributed by atoms with Gasteiger partial charge in [0.25, 0.3) is 0 Å². The molecule has 0 radical (unpaired) electrons. The summed E-state index contributed by atoms with van der Waals surface area (Å²) in [6, 6.07) is 4.30. The van der Waals surface area contributed by atoms with Crippen LogP contribution in [0.25, 0.3) is 0 Å². The second-order valence-corrected chi connectivity index (χ2v) is 7.73. The Hall–Kier alpha value is -1.28. The molecule has 0 spiro atoms. The largest absolute Gasteiger partial charge is 0.573 e. The minimum absolute atomic E-state index is 0.0247. The van der Waals surface area contributed by atoms with Crippen LogP contribution in [0.1, 0.15) is 20.3 Å². The number of alkyl halides is 3. The first-order chi connectivity index (χ1) is 10.1. The molecule has 1 aliphatic rings. The normalized spacial score (nSPS) is 24.2. The molecule has 0 bridgehead atoms. The van der Waals surface area contributed by atoms with Crippen LogP contribution in [0.4, 0.5) is 13.2 Å². The fourth-order valence-electron chi connectivity index (χ4n) is 2.76. The standard InChI is InChI=1S/C14H18F3NO3S/c1-10-7-11(2)9-18(8-10)22(19,20)13-5-3-12(4-6-13)21-14(15,16)17/h3-6,10-11H,7-9H2,1-2H3. The summed E-state index contributed by atoms with van der Waals surface area (Å²) in [5.41, 5.74) is 0. The summed E-state index contributed by atoms with van der Waals surface area (Å²) in [6.45, 7) is 4.82. The third-order valence-electron chi connectivity index (χ3n) is 3.53. The van der Waals surface area contributed by atoms with Gasteiger partial charge in [0.2, 0.25) is 10.0 Å². The number of rotatable bonds is 3. The average molecular weight is 337 g/mol. The van der Waals surface area contributed by atoms with E-state index in [4.69, 9.17) is 0 Å². The molecule has 1 aliphatic heterocycles. The maximum absolute atomic E-state index is 12.5. The molecule has 0 saturated carbocycles. The van der Waals surface area contributed by atoms with Crippen molar-refractivity contribution in [3.05, 3.63) is 24.3 Å². The van der Waals surface area contributed by atoms with E-state index in [-0.39, 0.29) is 16.7 Å². The average Bonchev–Trinajstić information content (AvgIpc) is 2.36. The monoisotopic (exact) mass is 337 g/mol. The van der Waals surface area contributed by atoms with E-state index in [1.807, 2.05) is 13.8 Å². The van der Waals surface area contributed by atoms with Crippen molar-refractivity contribution in [2.45, 2.75) is 31.5 Å². The van der Waals surface area contributed by atoms with Gasteiger partial charge in [-0.05, 0) is 42.5 Å². The Morgan fingerprint density at radius 1 is 1.09 bits per heavy atom. The number of sulfonamides is 1. The quantitative estimate of drug-likeness (QED) is 0.851. The van der Waals surface area contributed by atoms with Gasteiger partial charge < -0.3 is 4.74 Å². The van der Waals surface area contributed by atoms with Gasteiger partial charge in [0.05, 0.1) is 4.90 Å². The van der Waals surface area contributed by atoms with E-state index in [0.29, 0.717) is 13.1 Å². The van der Waals surface area contributed by atoms with E-state index < -0.39 is 22.1 Å². The summed E-state index contributed by atoms with van der Waals surface area (Å²) in [4.78, 5) is -0.0247. The van der Waals surface area contributed by atoms with Gasteiger partial charge in [0.1, 0.15) is 5.75 Å². The van der Waals surface area contributed by atoms with Gasteiger partial charge >= 0.3 is 6.36 Å². The van der Waals surface area contributed by atoms with Gasteiger partial charge in [-0.25, -0.2) is 8.42 Å². The molecule has 4 nitrogen and oxygen atoms in total. The van der Waals surface area contributed by atoms with Crippen LogP contribution in [0.3, 0.4) is 0 Å². The summed E-state index contributed by atoms with van der Waals surface area (Å²) in [6.07, 6.45) is -3.83. The van der Waals surface area contributed by atoms with Crippen LogP contribution in [0, 0.1) is 11.8 Å². The SMILES string of the molecule is CC1CC(C)CN(S(=O)(=O)c2ccc(OC(F)(F)F)cc2)C1. The topological polar surface area (TPSA) is 46.6 Å². The van der Waals surface area contributed by atoms with Gasteiger partial charge in [-0.1, -0.05) is 13.8 Å². The predicted molar refractivity (Wildman–Crippen MR) is 74.8 cm³/mol. The Morgan fingerprint density at radius 2 is 1.59 bits per heavy atom. The lowest BCUT2D eigenvalue weighted by molar-refractivity contribution is -0.274. The maximum Gasteiger partial charge on any atom is 0.573 e. The summed E-state index contributed by atoms with van der Waals surface area (Å²) in [7, 11) is -3.69. The second-order valence-electron chi connectivity index (χ2n) is 5.79. The van der Waals surface area contributed by atoms with Crippen LogP contribution in [0.2, 0.25) is 0 Å². The third-order valence-corrected chi connectivity index (χ3v) is 5.38. The molecule has 22 heavy (non-hydrogen) atoms. The van der Waals surface area contributed by atoms with E-state index in [9.17, 15) is 21.6 Å². The summed E-state index contributed by atoms with van der Waals surface area (Å²) in [5.74, 6) is 0.0737. The lowest BCUT2D eigenvalue weighted by Crippen LogP contribution is -2.42. The number of hydrogen-bond donors (Lipinski definition) is 0. The van der Waals surface area contributed by atoms with Crippen molar-refractivity contribution in [3.8, 4) is 5.75 Å². The highest BCUT2D eigenvalue weighted by Gasteiger charge is 2.33. The number of hydrogen-bond acceptors (Lipinski definition) is 3. The van der Waals surface area contributed by atoms with E-state index in [1.54, 1.807) is 0 Å². The van der Waals surface area contributed by atoms with Crippen molar-refractivity contribution < 1.29 is 26.3 Å². The molecule has 2 atom stereocenters. The first-order valence-electron chi connectivity index (χ1n) is 6.94. The minimum Gasteiger partial charge on any atom is -0.406 e. The summed E-state index contributed by atoms with van der Waals surface area (Å²) in [5, 5.41) is 0. The molecule has 2 unspecified atom stereocenters. The van der Waals surface area contributed by atoms with E-state index >= 15 is 0 Å². The number of piperidine rings is 1. The highest BCUT2D eigenvalue weighted by molar-refractivity contribution is 7.89.